The number of hydrogen-bond donors (Lipinski definition) is 0. The Hall–Kier alpha value is -0.443. The molecule has 0 amide bonds. The number of rotatable bonds is 10. The first-order valence-corrected chi connectivity index (χ1v) is 10.6. The van der Waals surface area contributed by atoms with Gasteiger partial charge in [-0.2, -0.15) is 0 Å². The minimum absolute atomic E-state index is 0.194. The molecule has 0 N–H and O–H groups in total. The Morgan fingerprint density at radius 1 is 1.00 bits per heavy atom. The van der Waals surface area contributed by atoms with Crippen molar-refractivity contribution in [3.8, 4) is 0 Å². The van der Waals surface area contributed by atoms with E-state index >= 15 is 0 Å². The lowest BCUT2D eigenvalue weighted by atomic mass is 10.1. The second-order valence-electron chi connectivity index (χ2n) is 6.85. The van der Waals surface area contributed by atoms with Gasteiger partial charge in [0.15, 0.2) is 0 Å². The highest BCUT2D eigenvalue weighted by molar-refractivity contribution is 6.74. The summed E-state index contributed by atoms with van der Waals surface area (Å²) in [5.74, 6) is 0.514. The van der Waals surface area contributed by atoms with Crippen LogP contribution in [-0.2, 0) is 9.16 Å². The molecule has 0 aromatic rings. The van der Waals surface area contributed by atoms with Gasteiger partial charge in [-0.3, -0.25) is 0 Å². The molecule has 0 heterocycles. The van der Waals surface area contributed by atoms with Gasteiger partial charge in [0.05, 0.1) is 6.61 Å². The molecular weight excluding hydrogens is 252 g/mol. The van der Waals surface area contributed by atoms with E-state index in [1.54, 1.807) is 0 Å². The minimum atomic E-state index is -1.78. The normalized spacial score (nSPS) is 12.3. The van der Waals surface area contributed by atoms with Crippen LogP contribution in [-0.4, -0.2) is 14.9 Å². The summed E-state index contributed by atoms with van der Waals surface area (Å²) in [5, 5.41) is 0.194. The Morgan fingerprint density at radius 2 is 1.53 bits per heavy atom. The quantitative estimate of drug-likeness (QED) is 0.284. The zero-order chi connectivity index (χ0) is 14.9. The highest BCUT2D eigenvalue weighted by Gasteiger charge is 2.39. The van der Waals surface area contributed by atoms with Crippen molar-refractivity contribution < 1.29 is 9.16 Å². The molecule has 2 nitrogen and oxygen atoms in total. The predicted octanol–water partition coefficient (Wildman–Crippen LogP) is 5.86. The average Bonchev–Trinajstić information content (AvgIpc) is 2.25. The van der Waals surface area contributed by atoms with Crippen LogP contribution >= 0.6 is 0 Å². The van der Waals surface area contributed by atoms with Crippen molar-refractivity contribution in [2.75, 3.05) is 6.61 Å². The molecule has 0 atom stereocenters. The molecule has 0 aliphatic carbocycles. The number of hydrogen-bond acceptors (Lipinski definition) is 2. The molecule has 0 bridgehead atoms. The molecule has 0 aliphatic rings. The van der Waals surface area contributed by atoms with Crippen molar-refractivity contribution in [1.82, 2.24) is 0 Å². The summed E-state index contributed by atoms with van der Waals surface area (Å²) in [4.78, 5) is 0. The fourth-order valence-corrected chi connectivity index (χ4v) is 2.47. The maximum absolute atomic E-state index is 5.97. The fourth-order valence-electron chi connectivity index (χ4n) is 1.54. The van der Waals surface area contributed by atoms with Crippen LogP contribution in [0.3, 0.4) is 0 Å². The summed E-state index contributed by atoms with van der Waals surface area (Å²) in [6, 6.07) is 0. The molecule has 0 saturated carbocycles. The van der Waals surface area contributed by atoms with Crippen LogP contribution < -0.4 is 0 Å². The Balaban J connectivity index is 3.71. The van der Waals surface area contributed by atoms with Crippen molar-refractivity contribution in [3.05, 3.63) is 12.5 Å². The van der Waals surface area contributed by atoms with Crippen LogP contribution in [0.5, 0.6) is 0 Å². The smallest absolute Gasteiger partial charge is 0.257 e. The summed E-state index contributed by atoms with van der Waals surface area (Å²) in [7, 11) is -1.78. The van der Waals surface area contributed by atoms with E-state index in [1.165, 1.54) is 32.1 Å². The number of unbranched alkanes of at least 4 members (excludes halogenated alkanes) is 5. The van der Waals surface area contributed by atoms with E-state index in [-0.39, 0.29) is 5.04 Å². The van der Waals surface area contributed by atoms with Crippen molar-refractivity contribution in [1.29, 1.82) is 0 Å². The third kappa shape index (κ3) is 8.35. The first kappa shape index (κ1) is 18.6. The van der Waals surface area contributed by atoms with E-state index in [0.29, 0.717) is 5.95 Å². The highest BCUT2D eigenvalue weighted by atomic mass is 28.4. The predicted molar refractivity (Wildman–Crippen MR) is 86.8 cm³/mol. The van der Waals surface area contributed by atoms with Gasteiger partial charge in [0.2, 0.25) is 0 Å². The molecule has 19 heavy (non-hydrogen) atoms. The molecule has 0 fully saturated rings. The van der Waals surface area contributed by atoms with Gasteiger partial charge in [-0.1, -0.05) is 59.8 Å². The first-order chi connectivity index (χ1) is 8.70. The molecule has 0 unspecified atom stereocenters. The van der Waals surface area contributed by atoms with E-state index in [1.807, 2.05) is 0 Å². The summed E-state index contributed by atoms with van der Waals surface area (Å²) >= 11 is 0. The van der Waals surface area contributed by atoms with Crippen molar-refractivity contribution in [2.45, 2.75) is 84.4 Å². The van der Waals surface area contributed by atoms with Crippen molar-refractivity contribution >= 4 is 8.32 Å². The summed E-state index contributed by atoms with van der Waals surface area (Å²) in [5.41, 5.74) is 0. The molecule has 0 radical (unpaired) electrons. The van der Waals surface area contributed by atoms with Gasteiger partial charge < -0.3 is 9.16 Å². The lowest BCUT2D eigenvalue weighted by Gasteiger charge is -2.36. The summed E-state index contributed by atoms with van der Waals surface area (Å²) in [6.45, 7) is 18.0. The second kappa shape index (κ2) is 8.67. The molecule has 114 valence electrons. The maximum atomic E-state index is 5.97. The lowest BCUT2D eigenvalue weighted by Crippen LogP contribution is -2.40. The fraction of sp³-hybridized carbons (Fsp3) is 0.875. The van der Waals surface area contributed by atoms with E-state index in [0.717, 1.165) is 13.0 Å². The topological polar surface area (TPSA) is 18.5 Å². The SMILES string of the molecule is C=C(OCCCCCCCC)O[Si](C)(C)C(C)(C)C. The first-order valence-electron chi connectivity index (χ1n) is 7.71. The standard InChI is InChI=1S/C16H34O2Si/c1-8-9-10-11-12-13-14-17-15(2)18-19(6,7)16(3,4)5/h2,8-14H2,1,3-7H3. The zero-order valence-electron chi connectivity index (χ0n) is 14.0. The van der Waals surface area contributed by atoms with Gasteiger partial charge in [0.1, 0.15) is 0 Å². The molecule has 0 aromatic carbocycles. The molecule has 0 aliphatic heterocycles. The van der Waals surface area contributed by atoms with Crippen LogP contribution in [0.1, 0.15) is 66.2 Å². The number of ether oxygens (including phenoxy) is 1. The van der Waals surface area contributed by atoms with E-state index in [2.05, 4.69) is 47.4 Å². The van der Waals surface area contributed by atoms with E-state index in [4.69, 9.17) is 9.16 Å². The Kier molecular flexibility index (Phi) is 8.47. The summed E-state index contributed by atoms with van der Waals surface area (Å²) < 4.78 is 11.6. The molecule has 0 aromatic heterocycles. The van der Waals surface area contributed by atoms with Gasteiger partial charge in [-0.05, 0) is 31.1 Å². The second-order valence-corrected chi connectivity index (χ2v) is 11.6. The van der Waals surface area contributed by atoms with Gasteiger partial charge in [-0.15, -0.1) is 0 Å². The Morgan fingerprint density at radius 3 is 2.05 bits per heavy atom. The Labute approximate surface area is 121 Å². The monoisotopic (exact) mass is 286 g/mol. The van der Waals surface area contributed by atoms with Crippen LogP contribution in [0.4, 0.5) is 0 Å². The van der Waals surface area contributed by atoms with Crippen LogP contribution in [0, 0.1) is 0 Å². The van der Waals surface area contributed by atoms with E-state index < -0.39 is 8.32 Å². The van der Waals surface area contributed by atoms with Crippen LogP contribution in [0.25, 0.3) is 0 Å². The Bertz CT molecular complexity index is 254. The van der Waals surface area contributed by atoms with Crippen LogP contribution in [0.15, 0.2) is 12.5 Å². The third-order valence-corrected chi connectivity index (χ3v) is 8.29. The molecule has 0 rings (SSSR count). The largest absolute Gasteiger partial charge is 0.519 e. The highest BCUT2D eigenvalue weighted by Crippen LogP contribution is 2.37. The molecule has 3 heteroatoms. The van der Waals surface area contributed by atoms with E-state index in [9.17, 15) is 0 Å². The average molecular weight is 287 g/mol. The van der Waals surface area contributed by atoms with Gasteiger partial charge >= 0.3 is 0 Å². The summed E-state index contributed by atoms with van der Waals surface area (Å²) in [6.07, 6.45) is 7.65. The lowest BCUT2D eigenvalue weighted by molar-refractivity contribution is 0.0974. The van der Waals surface area contributed by atoms with Crippen molar-refractivity contribution in [3.63, 3.8) is 0 Å². The third-order valence-electron chi connectivity index (χ3n) is 3.94. The van der Waals surface area contributed by atoms with Gasteiger partial charge in [0, 0.05) is 0 Å². The van der Waals surface area contributed by atoms with Gasteiger partial charge in [0.25, 0.3) is 14.3 Å². The molecule has 0 saturated heterocycles. The van der Waals surface area contributed by atoms with Crippen LogP contribution in [0.2, 0.25) is 18.1 Å². The van der Waals surface area contributed by atoms with Gasteiger partial charge in [-0.25, -0.2) is 0 Å². The maximum Gasteiger partial charge on any atom is 0.257 e. The van der Waals surface area contributed by atoms with Crippen molar-refractivity contribution in [2.24, 2.45) is 0 Å². The minimum Gasteiger partial charge on any atom is -0.519 e. The molecule has 0 spiro atoms. The zero-order valence-corrected chi connectivity index (χ0v) is 15.0. The molecular formula is C16H34O2Si.